The molecule has 7 nitrogen and oxygen atoms in total. The van der Waals surface area contributed by atoms with Gasteiger partial charge in [-0.3, -0.25) is 19.3 Å². The summed E-state index contributed by atoms with van der Waals surface area (Å²) in [5.74, 6) is -0.631. The molecule has 160 valence electrons. The maximum Gasteiger partial charge on any atom is 0.332 e. The zero-order valence-electron chi connectivity index (χ0n) is 17.5. The van der Waals surface area contributed by atoms with Gasteiger partial charge in [0.25, 0.3) is 5.56 Å². The molecular weight excluding hydrogens is 392 g/mol. The van der Waals surface area contributed by atoms with Crippen molar-refractivity contribution in [3.63, 3.8) is 0 Å². The number of hydrogen-bond acceptors (Lipinski definition) is 4. The topological polar surface area (TPSA) is 94.7 Å². The average molecular weight is 418 g/mol. The molecule has 0 saturated carbocycles. The van der Waals surface area contributed by atoms with Gasteiger partial charge >= 0.3 is 5.69 Å². The fourth-order valence-electron chi connectivity index (χ4n) is 4.19. The second-order valence-electron chi connectivity index (χ2n) is 7.97. The largest absolute Gasteiger partial charge is 0.859 e. The van der Waals surface area contributed by atoms with Crippen molar-refractivity contribution >= 4 is 5.71 Å². The standard InChI is InChI=1S/C24H26N4O3/c1-17(25-19-12-14-27(15-13-19)16-18-8-4-2-5-9-18)21-22(29)26-24(31)28(23(21)30)20-10-6-3-7-11-20/h2-11,19,30H,12-16H2,1H3,(H,26,29,31). The number of nitrogens with zero attached hydrogens (tertiary/aromatic N) is 2. The highest BCUT2D eigenvalue weighted by Crippen LogP contribution is 2.16. The van der Waals surface area contributed by atoms with Crippen LogP contribution in [0.1, 0.15) is 30.9 Å². The van der Waals surface area contributed by atoms with Crippen LogP contribution < -0.4 is 21.3 Å². The van der Waals surface area contributed by atoms with Crippen LogP contribution in [0.2, 0.25) is 0 Å². The summed E-state index contributed by atoms with van der Waals surface area (Å²) in [5, 5.41) is 13.0. The van der Waals surface area contributed by atoms with Gasteiger partial charge in [0.1, 0.15) is 6.54 Å². The van der Waals surface area contributed by atoms with E-state index in [1.165, 1.54) is 10.5 Å². The van der Waals surface area contributed by atoms with Gasteiger partial charge in [0, 0.05) is 29.8 Å². The lowest BCUT2D eigenvalue weighted by molar-refractivity contribution is -0.918. The molecule has 0 unspecified atom stereocenters. The molecule has 31 heavy (non-hydrogen) atoms. The first kappa shape index (κ1) is 20.8. The summed E-state index contributed by atoms with van der Waals surface area (Å²) >= 11 is 0. The van der Waals surface area contributed by atoms with Crippen molar-refractivity contribution in [1.29, 1.82) is 0 Å². The molecule has 1 fully saturated rings. The molecule has 3 aromatic rings. The molecule has 2 aromatic carbocycles. The highest BCUT2D eigenvalue weighted by atomic mass is 16.3. The Balaban J connectivity index is 1.53. The lowest BCUT2D eigenvalue weighted by atomic mass is 10.0. The normalized spacial score (nSPS) is 19.3. The predicted octanol–water partition coefficient (Wildman–Crippen LogP) is 0.656. The van der Waals surface area contributed by atoms with Crippen molar-refractivity contribution < 1.29 is 10.0 Å². The Bertz CT molecular complexity index is 1170. The molecular formula is C24H26N4O3. The number of nitrogens with one attached hydrogen (secondary N) is 2. The van der Waals surface area contributed by atoms with Crippen LogP contribution in [0, 0.1) is 0 Å². The number of piperidine rings is 1. The van der Waals surface area contributed by atoms with E-state index in [1.807, 2.05) is 6.07 Å². The summed E-state index contributed by atoms with van der Waals surface area (Å²) in [6.07, 6.45) is 1.79. The van der Waals surface area contributed by atoms with Crippen LogP contribution in [0.4, 0.5) is 0 Å². The highest BCUT2D eigenvalue weighted by molar-refractivity contribution is 6.00. The van der Waals surface area contributed by atoms with Gasteiger partial charge in [0.15, 0.2) is 0 Å². The van der Waals surface area contributed by atoms with Crippen LogP contribution in [0.25, 0.3) is 5.69 Å². The Morgan fingerprint density at radius 1 is 1.06 bits per heavy atom. The van der Waals surface area contributed by atoms with Gasteiger partial charge in [-0.05, 0) is 24.9 Å². The number of H-pyrrole nitrogens is 1. The van der Waals surface area contributed by atoms with Gasteiger partial charge in [-0.2, -0.15) is 0 Å². The van der Waals surface area contributed by atoms with E-state index in [-0.39, 0.29) is 11.6 Å². The van der Waals surface area contributed by atoms with Crippen molar-refractivity contribution in [3.8, 4) is 11.6 Å². The van der Waals surface area contributed by atoms with Crippen LogP contribution in [0.3, 0.4) is 0 Å². The molecule has 2 heterocycles. The predicted molar refractivity (Wildman–Crippen MR) is 118 cm³/mol. The first-order valence-corrected chi connectivity index (χ1v) is 10.6. The van der Waals surface area contributed by atoms with Crippen molar-refractivity contribution in [2.24, 2.45) is 4.99 Å². The van der Waals surface area contributed by atoms with Crippen LogP contribution >= 0.6 is 0 Å². The summed E-state index contributed by atoms with van der Waals surface area (Å²) in [5.41, 5.74) is 0.628. The number of aromatic nitrogens is 2. The minimum atomic E-state index is -0.740. The Labute approximate surface area is 180 Å². The van der Waals surface area contributed by atoms with E-state index < -0.39 is 17.1 Å². The van der Waals surface area contributed by atoms with E-state index >= 15 is 0 Å². The van der Waals surface area contributed by atoms with E-state index in [0.717, 1.165) is 37.0 Å². The zero-order chi connectivity index (χ0) is 21.8. The average Bonchev–Trinajstić information content (AvgIpc) is 2.76. The first-order valence-electron chi connectivity index (χ1n) is 10.6. The van der Waals surface area contributed by atoms with Gasteiger partial charge in [-0.25, -0.2) is 4.79 Å². The van der Waals surface area contributed by atoms with Gasteiger partial charge in [-0.15, -0.1) is 0 Å². The zero-order valence-corrected chi connectivity index (χ0v) is 17.5. The Hall–Kier alpha value is -3.45. The minimum absolute atomic E-state index is 0.0652. The fourth-order valence-corrected chi connectivity index (χ4v) is 4.19. The molecule has 1 aliphatic heterocycles. The molecule has 1 aromatic heterocycles. The van der Waals surface area contributed by atoms with E-state index in [9.17, 15) is 14.7 Å². The quantitative estimate of drug-likeness (QED) is 0.596. The van der Waals surface area contributed by atoms with Crippen LogP contribution in [0.5, 0.6) is 5.88 Å². The van der Waals surface area contributed by atoms with Gasteiger partial charge < -0.3 is 10.0 Å². The molecule has 0 atom stereocenters. The molecule has 7 heteroatoms. The molecule has 0 aliphatic carbocycles. The van der Waals surface area contributed by atoms with Crippen LogP contribution in [-0.4, -0.2) is 34.4 Å². The van der Waals surface area contributed by atoms with Crippen molar-refractivity contribution in [1.82, 2.24) is 9.55 Å². The Kier molecular flexibility index (Phi) is 6.13. The molecule has 0 radical (unpaired) electrons. The lowest BCUT2D eigenvalue weighted by Crippen LogP contribution is -3.12. The second kappa shape index (κ2) is 9.14. The summed E-state index contributed by atoms with van der Waals surface area (Å²) in [6, 6.07) is 19.1. The molecule has 1 aliphatic rings. The molecule has 4 rings (SSSR count). The highest BCUT2D eigenvalue weighted by Gasteiger charge is 2.22. The van der Waals surface area contributed by atoms with Crippen LogP contribution in [-0.2, 0) is 6.54 Å². The van der Waals surface area contributed by atoms with Crippen molar-refractivity contribution in [2.45, 2.75) is 32.4 Å². The summed E-state index contributed by atoms with van der Waals surface area (Å²) < 4.78 is 0.988. The van der Waals surface area contributed by atoms with Gasteiger partial charge in [0.2, 0.25) is 0 Å². The van der Waals surface area contributed by atoms with Gasteiger partial charge in [0.05, 0.1) is 24.7 Å². The minimum Gasteiger partial charge on any atom is -0.859 e. The molecule has 0 bridgehead atoms. The summed E-state index contributed by atoms with van der Waals surface area (Å²) in [4.78, 5) is 33.2. The SMILES string of the molecule is CC(=NC1CC[NH+](Cc2ccccc2)CC1)c1c([O-])n(-c2ccccc2)c(=O)[nH]c1=O. The summed E-state index contributed by atoms with van der Waals surface area (Å²) in [6.45, 7) is 4.64. The third-order valence-electron chi connectivity index (χ3n) is 5.78. The third kappa shape index (κ3) is 4.67. The first-order chi connectivity index (χ1) is 15.0. The maximum absolute atomic E-state index is 13.0. The number of para-hydroxylation sites is 1. The number of aliphatic imine (C=N–C) groups is 1. The van der Waals surface area contributed by atoms with Crippen LogP contribution in [0.15, 0.2) is 75.2 Å². The molecule has 0 amide bonds. The number of hydrogen-bond donors (Lipinski definition) is 2. The number of benzene rings is 2. The van der Waals surface area contributed by atoms with E-state index in [2.05, 4.69) is 29.2 Å². The lowest BCUT2D eigenvalue weighted by Gasteiger charge is -2.28. The van der Waals surface area contributed by atoms with E-state index in [4.69, 9.17) is 4.99 Å². The van der Waals surface area contributed by atoms with Crippen molar-refractivity contribution in [2.75, 3.05) is 13.1 Å². The number of likely N-dealkylation sites (tertiary alicyclic amines) is 1. The van der Waals surface area contributed by atoms with E-state index in [0.29, 0.717) is 11.4 Å². The second-order valence-corrected chi connectivity index (χ2v) is 7.97. The smallest absolute Gasteiger partial charge is 0.332 e. The number of aromatic amines is 1. The van der Waals surface area contributed by atoms with Gasteiger partial charge in [-0.1, -0.05) is 48.5 Å². The summed E-state index contributed by atoms with van der Waals surface area (Å²) in [7, 11) is 0. The Morgan fingerprint density at radius 3 is 2.32 bits per heavy atom. The number of rotatable bonds is 5. The monoisotopic (exact) mass is 418 g/mol. The molecule has 1 saturated heterocycles. The maximum atomic E-state index is 13.0. The number of quaternary nitrogens is 1. The Morgan fingerprint density at radius 2 is 1.68 bits per heavy atom. The molecule has 0 spiro atoms. The van der Waals surface area contributed by atoms with E-state index in [1.54, 1.807) is 37.3 Å². The van der Waals surface area contributed by atoms with Crippen molar-refractivity contribution in [3.05, 3.63) is 92.6 Å². The fraction of sp³-hybridized carbons (Fsp3) is 0.292. The molecule has 2 N–H and O–H groups in total. The third-order valence-corrected chi connectivity index (χ3v) is 5.78.